The minimum Gasteiger partial charge on any atom is -0.423 e. The highest BCUT2D eigenvalue weighted by Gasteiger charge is 2.15. The van der Waals surface area contributed by atoms with Gasteiger partial charge in [0.05, 0.1) is 5.56 Å². The van der Waals surface area contributed by atoms with Gasteiger partial charge in [0, 0.05) is 17.1 Å². The van der Waals surface area contributed by atoms with Crippen molar-refractivity contribution in [2.75, 3.05) is 4.90 Å². The Morgan fingerprint density at radius 2 is 1.21 bits per heavy atom. The van der Waals surface area contributed by atoms with Crippen molar-refractivity contribution in [3.05, 3.63) is 143 Å². The van der Waals surface area contributed by atoms with Gasteiger partial charge in [0.2, 0.25) is 0 Å². The molecule has 0 fully saturated rings. The number of carbonyl (C=O) groups is 1. The first-order valence-corrected chi connectivity index (χ1v) is 14.8. The van der Waals surface area contributed by atoms with Crippen molar-refractivity contribution in [3.8, 4) is 16.9 Å². The highest BCUT2D eigenvalue weighted by atomic mass is 16.5. The van der Waals surface area contributed by atoms with Crippen LogP contribution in [0.4, 0.5) is 17.1 Å². The van der Waals surface area contributed by atoms with E-state index in [4.69, 9.17) is 4.74 Å². The Morgan fingerprint density at radius 1 is 0.690 bits per heavy atom. The lowest BCUT2D eigenvalue weighted by molar-refractivity contribution is 0.0735. The molecule has 0 unspecified atom stereocenters. The van der Waals surface area contributed by atoms with Gasteiger partial charge in [-0.1, -0.05) is 92.9 Å². The van der Waals surface area contributed by atoms with Crippen molar-refractivity contribution in [2.24, 2.45) is 0 Å². The number of nitrogens with zero attached hydrogens (tertiary/aromatic N) is 1. The van der Waals surface area contributed by atoms with E-state index in [-0.39, 0.29) is 5.97 Å². The summed E-state index contributed by atoms with van der Waals surface area (Å²) in [6.07, 6.45) is 2.13. The molecule has 0 bridgehead atoms. The zero-order valence-electron chi connectivity index (χ0n) is 25.2. The minimum absolute atomic E-state index is 0.375. The summed E-state index contributed by atoms with van der Waals surface area (Å²) in [4.78, 5) is 15.3. The molecule has 0 saturated heterocycles. The summed E-state index contributed by atoms with van der Waals surface area (Å²) in [7, 11) is 0. The molecular weight excluding hydrogens is 514 g/mol. The van der Waals surface area contributed by atoms with Crippen molar-refractivity contribution < 1.29 is 9.53 Å². The Kier molecular flexibility index (Phi) is 8.88. The average molecular weight is 554 g/mol. The molecule has 0 aliphatic rings. The van der Waals surface area contributed by atoms with Crippen LogP contribution in [0.3, 0.4) is 0 Å². The Balaban J connectivity index is 1.35. The van der Waals surface area contributed by atoms with E-state index in [0.717, 1.165) is 35.5 Å². The second kappa shape index (κ2) is 12.9. The minimum atomic E-state index is -0.375. The third-order valence-electron chi connectivity index (χ3n) is 7.64. The Labute approximate surface area is 250 Å². The predicted molar refractivity (Wildman–Crippen MR) is 176 cm³/mol. The summed E-state index contributed by atoms with van der Waals surface area (Å²) < 4.78 is 5.77. The van der Waals surface area contributed by atoms with E-state index in [1.807, 2.05) is 48.5 Å². The lowest BCUT2D eigenvalue weighted by Crippen LogP contribution is -2.11. The van der Waals surface area contributed by atoms with E-state index in [0.29, 0.717) is 17.2 Å². The first kappa shape index (κ1) is 28.9. The summed E-state index contributed by atoms with van der Waals surface area (Å²) in [6, 6.07) is 39.2. The molecule has 3 nitrogen and oxygen atoms in total. The maximum absolute atomic E-state index is 13.1. The number of esters is 1. The summed E-state index contributed by atoms with van der Waals surface area (Å²) >= 11 is 0. The fourth-order valence-corrected chi connectivity index (χ4v) is 5.16. The molecule has 0 aliphatic heterocycles. The van der Waals surface area contributed by atoms with Gasteiger partial charge >= 0.3 is 5.97 Å². The van der Waals surface area contributed by atoms with Crippen LogP contribution in [-0.4, -0.2) is 5.97 Å². The Bertz CT molecular complexity index is 1590. The van der Waals surface area contributed by atoms with E-state index >= 15 is 0 Å². The van der Waals surface area contributed by atoms with Crippen molar-refractivity contribution >= 4 is 23.0 Å². The van der Waals surface area contributed by atoms with Crippen molar-refractivity contribution in [2.45, 2.75) is 53.4 Å². The molecule has 0 aliphatic carbocycles. The number of rotatable bonds is 9. The van der Waals surface area contributed by atoms with Crippen molar-refractivity contribution in [1.29, 1.82) is 0 Å². The molecule has 5 aromatic rings. The zero-order valence-corrected chi connectivity index (χ0v) is 25.2. The van der Waals surface area contributed by atoms with Crippen LogP contribution in [0.15, 0.2) is 115 Å². The van der Waals surface area contributed by atoms with E-state index in [1.54, 1.807) is 0 Å². The van der Waals surface area contributed by atoms with Crippen molar-refractivity contribution in [1.82, 2.24) is 0 Å². The number of ether oxygens (including phenoxy) is 1. The Hall–Kier alpha value is -4.63. The van der Waals surface area contributed by atoms with Gasteiger partial charge in [-0.3, -0.25) is 0 Å². The molecule has 5 rings (SSSR count). The van der Waals surface area contributed by atoms with Crippen LogP contribution in [0.2, 0.25) is 0 Å². The third-order valence-corrected chi connectivity index (χ3v) is 7.64. The summed E-state index contributed by atoms with van der Waals surface area (Å²) in [5.74, 6) is 0.623. The zero-order chi connectivity index (χ0) is 29.6. The molecule has 42 heavy (non-hydrogen) atoms. The molecule has 0 spiro atoms. The van der Waals surface area contributed by atoms with Crippen LogP contribution in [-0.2, 0) is 6.42 Å². The highest BCUT2D eigenvalue weighted by molar-refractivity contribution is 5.92. The number of anilines is 3. The first-order chi connectivity index (χ1) is 20.3. The lowest BCUT2D eigenvalue weighted by Gasteiger charge is -2.26. The molecule has 0 N–H and O–H groups in total. The second-order valence-corrected chi connectivity index (χ2v) is 11.3. The maximum atomic E-state index is 13.1. The number of benzene rings is 5. The third kappa shape index (κ3) is 6.63. The topological polar surface area (TPSA) is 29.5 Å². The fraction of sp³-hybridized carbons (Fsp3) is 0.205. The molecule has 212 valence electrons. The molecular formula is C39H39NO2. The van der Waals surface area contributed by atoms with E-state index in [1.165, 1.54) is 27.8 Å². The van der Waals surface area contributed by atoms with Gasteiger partial charge in [-0.15, -0.1) is 0 Å². The summed E-state index contributed by atoms with van der Waals surface area (Å²) in [5, 5.41) is 0. The molecule has 0 amide bonds. The molecule has 0 radical (unpaired) electrons. The van der Waals surface area contributed by atoms with Gasteiger partial charge in [-0.05, 0) is 109 Å². The van der Waals surface area contributed by atoms with Crippen LogP contribution in [0.5, 0.6) is 5.75 Å². The summed E-state index contributed by atoms with van der Waals surface area (Å²) in [5.41, 5.74) is 11.1. The number of hydrogen-bond acceptors (Lipinski definition) is 3. The summed E-state index contributed by atoms with van der Waals surface area (Å²) in [6.45, 7) is 10.8. The number of aryl methyl sites for hydroxylation is 3. The molecule has 0 heterocycles. The fourth-order valence-electron chi connectivity index (χ4n) is 5.16. The van der Waals surface area contributed by atoms with E-state index < -0.39 is 0 Å². The molecule has 0 aromatic heterocycles. The largest absolute Gasteiger partial charge is 0.423 e. The van der Waals surface area contributed by atoms with Crippen LogP contribution in [0.1, 0.15) is 65.7 Å². The van der Waals surface area contributed by atoms with Crippen LogP contribution in [0, 0.1) is 13.8 Å². The van der Waals surface area contributed by atoms with E-state index in [2.05, 4.69) is 106 Å². The van der Waals surface area contributed by atoms with E-state index in [9.17, 15) is 4.79 Å². The molecule has 0 atom stereocenters. The molecule has 5 aromatic carbocycles. The van der Waals surface area contributed by atoms with Crippen LogP contribution < -0.4 is 9.64 Å². The SMILES string of the molecule is CCCc1ccc(C(C)C)cc1-c1ccc(OC(=O)c2ccc(N(c3ccc(C)cc3)c3ccc(C)cc3)cc2)cc1. The highest BCUT2D eigenvalue weighted by Crippen LogP contribution is 2.35. The van der Waals surface area contributed by atoms with Crippen LogP contribution in [0.25, 0.3) is 11.1 Å². The van der Waals surface area contributed by atoms with Crippen molar-refractivity contribution in [3.63, 3.8) is 0 Å². The molecule has 0 saturated carbocycles. The van der Waals surface area contributed by atoms with Gasteiger partial charge < -0.3 is 9.64 Å². The smallest absolute Gasteiger partial charge is 0.343 e. The number of hydrogen-bond donors (Lipinski definition) is 0. The predicted octanol–water partition coefficient (Wildman–Crippen LogP) is 10.7. The quantitative estimate of drug-likeness (QED) is 0.134. The van der Waals surface area contributed by atoms with Gasteiger partial charge in [0.15, 0.2) is 0 Å². The second-order valence-electron chi connectivity index (χ2n) is 11.3. The lowest BCUT2D eigenvalue weighted by atomic mass is 9.91. The normalized spacial score (nSPS) is 11.0. The monoisotopic (exact) mass is 553 g/mol. The Morgan fingerprint density at radius 3 is 1.71 bits per heavy atom. The van der Waals surface area contributed by atoms with Gasteiger partial charge in [-0.25, -0.2) is 4.79 Å². The standard InChI is InChI=1S/C39H39NO2/c1-6-7-30-12-13-33(27(2)3)26-38(30)31-16-24-37(25-17-31)42-39(41)32-14-22-36(23-15-32)40(34-18-8-28(4)9-19-34)35-20-10-29(5)11-21-35/h8-27H,6-7H2,1-5H3. The van der Waals surface area contributed by atoms with Crippen LogP contribution >= 0.6 is 0 Å². The van der Waals surface area contributed by atoms with Gasteiger partial charge in [0.1, 0.15) is 5.75 Å². The average Bonchev–Trinajstić information content (AvgIpc) is 3.00. The number of carbonyl (C=O) groups excluding carboxylic acids is 1. The first-order valence-electron chi connectivity index (χ1n) is 14.8. The maximum Gasteiger partial charge on any atom is 0.343 e. The molecule has 3 heteroatoms. The van der Waals surface area contributed by atoms with Gasteiger partial charge in [0.25, 0.3) is 0 Å². The van der Waals surface area contributed by atoms with Gasteiger partial charge in [-0.2, -0.15) is 0 Å².